The van der Waals surface area contributed by atoms with E-state index in [-0.39, 0.29) is 0 Å². The zero-order valence-corrected chi connectivity index (χ0v) is 13.1. The van der Waals surface area contributed by atoms with E-state index in [4.69, 9.17) is 4.18 Å². The van der Waals surface area contributed by atoms with Gasteiger partial charge in [-0.2, -0.15) is 8.42 Å². The fourth-order valence-electron chi connectivity index (χ4n) is 3.11. The largest absolute Gasteiger partial charge is 0.383 e. The Morgan fingerprint density at radius 3 is 2.95 bits per heavy atom. The van der Waals surface area contributed by atoms with Gasteiger partial charge in [-0.3, -0.25) is 0 Å². The van der Waals surface area contributed by atoms with Crippen molar-refractivity contribution in [2.24, 2.45) is 0 Å². The summed E-state index contributed by atoms with van der Waals surface area (Å²) in [7, 11) is -3.52. The first-order valence-corrected chi connectivity index (χ1v) is 8.80. The van der Waals surface area contributed by atoms with Crippen LogP contribution < -0.4 is 4.18 Å². The predicted molar refractivity (Wildman–Crippen MR) is 83.4 cm³/mol. The topological polar surface area (TPSA) is 77.0 Å². The standard InChI is InChI=1S/C15H15N3O3S/c1-9-16-8-14-15-11(5-6-18(9)14)12-7-10(21-22(2,19)20)3-4-13(12)17-15/h3-4,7-8,17H,5-6H2,1-2H3. The van der Waals surface area contributed by atoms with E-state index in [1.165, 1.54) is 5.56 Å². The van der Waals surface area contributed by atoms with Gasteiger partial charge in [0.1, 0.15) is 11.6 Å². The number of imidazole rings is 1. The van der Waals surface area contributed by atoms with E-state index < -0.39 is 10.1 Å². The first-order valence-electron chi connectivity index (χ1n) is 6.99. The average molecular weight is 317 g/mol. The van der Waals surface area contributed by atoms with Crippen molar-refractivity contribution >= 4 is 21.0 Å². The minimum Gasteiger partial charge on any atom is -0.383 e. The van der Waals surface area contributed by atoms with Gasteiger partial charge >= 0.3 is 10.1 Å². The van der Waals surface area contributed by atoms with Crippen LogP contribution in [-0.2, 0) is 23.1 Å². The first-order chi connectivity index (χ1) is 10.4. The summed E-state index contributed by atoms with van der Waals surface area (Å²) in [6.45, 7) is 2.87. The van der Waals surface area contributed by atoms with Gasteiger partial charge < -0.3 is 13.7 Å². The van der Waals surface area contributed by atoms with Gasteiger partial charge in [-0.05, 0) is 37.1 Å². The van der Waals surface area contributed by atoms with Crippen LogP contribution in [0.4, 0.5) is 0 Å². The van der Waals surface area contributed by atoms with Crippen LogP contribution in [0.2, 0.25) is 0 Å². The van der Waals surface area contributed by atoms with Crippen LogP contribution >= 0.6 is 0 Å². The SMILES string of the molecule is Cc1ncc2n1CCc1c-2[nH]c2ccc(OS(C)(=O)=O)cc12. The first kappa shape index (κ1) is 13.4. The van der Waals surface area contributed by atoms with Gasteiger partial charge in [0, 0.05) is 17.4 Å². The maximum absolute atomic E-state index is 11.3. The zero-order chi connectivity index (χ0) is 15.5. The van der Waals surface area contributed by atoms with Crippen molar-refractivity contribution in [3.05, 3.63) is 35.8 Å². The predicted octanol–water partition coefficient (Wildman–Crippen LogP) is 2.23. The van der Waals surface area contributed by atoms with Crippen LogP contribution in [0.25, 0.3) is 22.3 Å². The number of rotatable bonds is 2. The zero-order valence-electron chi connectivity index (χ0n) is 12.3. The fraction of sp³-hybridized carbons (Fsp3) is 0.267. The molecule has 1 N–H and O–H groups in total. The van der Waals surface area contributed by atoms with E-state index in [1.54, 1.807) is 12.1 Å². The molecule has 1 aromatic carbocycles. The summed E-state index contributed by atoms with van der Waals surface area (Å²) in [4.78, 5) is 7.78. The molecule has 0 amide bonds. The van der Waals surface area contributed by atoms with Gasteiger partial charge in [-0.15, -0.1) is 0 Å². The third-order valence-corrected chi connectivity index (χ3v) is 4.52. The number of aromatic amines is 1. The fourth-order valence-corrected chi connectivity index (χ4v) is 3.56. The summed E-state index contributed by atoms with van der Waals surface area (Å²) in [5.74, 6) is 1.34. The molecule has 4 rings (SSSR count). The van der Waals surface area contributed by atoms with E-state index in [2.05, 4.69) is 14.5 Å². The molecular formula is C15H15N3O3S. The number of nitrogens with zero attached hydrogens (tertiary/aromatic N) is 2. The molecule has 0 atom stereocenters. The van der Waals surface area contributed by atoms with E-state index in [0.29, 0.717) is 5.75 Å². The third-order valence-electron chi connectivity index (χ3n) is 4.02. The minimum absolute atomic E-state index is 0.340. The number of hydrogen-bond donors (Lipinski definition) is 1. The Balaban J connectivity index is 1.90. The van der Waals surface area contributed by atoms with Crippen molar-refractivity contribution in [1.29, 1.82) is 0 Å². The Morgan fingerprint density at radius 1 is 1.36 bits per heavy atom. The maximum Gasteiger partial charge on any atom is 0.306 e. The van der Waals surface area contributed by atoms with Gasteiger partial charge in [-0.25, -0.2) is 4.98 Å². The second-order valence-corrected chi connectivity index (χ2v) is 7.14. The highest BCUT2D eigenvalue weighted by Crippen LogP contribution is 2.36. The van der Waals surface area contributed by atoms with E-state index >= 15 is 0 Å². The Bertz CT molecular complexity index is 999. The lowest BCUT2D eigenvalue weighted by Gasteiger charge is -2.16. The van der Waals surface area contributed by atoms with Crippen LogP contribution in [0.5, 0.6) is 5.75 Å². The second-order valence-electron chi connectivity index (χ2n) is 5.57. The number of hydrogen-bond acceptors (Lipinski definition) is 4. The molecule has 0 bridgehead atoms. The van der Waals surface area contributed by atoms with Gasteiger partial charge in [0.2, 0.25) is 0 Å². The van der Waals surface area contributed by atoms with Crippen molar-refractivity contribution < 1.29 is 12.6 Å². The summed E-state index contributed by atoms with van der Waals surface area (Å²) in [6, 6.07) is 5.29. The van der Waals surface area contributed by atoms with Gasteiger partial charge in [0.25, 0.3) is 0 Å². The van der Waals surface area contributed by atoms with Crippen molar-refractivity contribution in [3.63, 3.8) is 0 Å². The van der Waals surface area contributed by atoms with Gasteiger partial charge in [-0.1, -0.05) is 0 Å². The highest BCUT2D eigenvalue weighted by molar-refractivity contribution is 7.86. The van der Waals surface area contributed by atoms with E-state index in [9.17, 15) is 8.42 Å². The highest BCUT2D eigenvalue weighted by Gasteiger charge is 2.22. The molecule has 0 aliphatic carbocycles. The lowest BCUT2D eigenvalue weighted by Crippen LogP contribution is -2.11. The smallest absolute Gasteiger partial charge is 0.306 e. The lowest BCUT2D eigenvalue weighted by molar-refractivity contribution is 0.493. The Kier molecular flexibility index (Phi) is 2.65. The van der Waals surface area contributed by atoms with E-state index in [1.807, 2.05) is 19.2 Å². The van der Waals surface area contributed by atoms with Crippen molar-refractivity contribution in [1.82, 2.24) is 14.5 Å². The molecule has 0 spiro atoms. The molecule has 0 radical (unpaired) electrons. The number of aromatic nitrogens is 3. The molecule has 2 aromatic heterocycles. The quantitative estimate of drug-likeness (QED) is 0.735. The van der Waals surface area contributed by atoms with Gasteiger partial charge in [0.05, 0.1) is 23.8 Å². The number of aryl methyl sites for hydroxylation is 2. The number of nitrogens with one attached hydrogen (secondary N) is 1. The van der Waals surface area contributed by atoms with Crippen LogP contribution in [0.15, 0.2) is 24.4 Å². The summed E-state index contributed by atoms with van der Waals surface area (Å²) >= 11 is 0. The summed E-state index contributed by atoms with van der Waals surface area (Å²) in [6.07, 6.45) is 3.80. The molecule has 0 fully saturated rings. The van der Waals surface area contributed by atoms with Crippen molar-refractivity contribution in [2.45, 2.75) is 19.9 Å². The monoisotopic (exact) mass is 317 g/mol. The summed E-state index contributed by atoms with van der Waals surface area (Å²) in [5.41, 5.74) is 4.28. The summed E-state index contributed by atoms with van der Waals surface area (Å²) in [5, 5.41) is 1.00. The number of fused-ring (bicyclic) bond motifs is 5. The minimum atomic E-state index is -3.52. The molecule has 0 unspecified atom stereocenters. The number of benzene rings is 1. The molecule has 3 aromatic rings. The molecule has 114 valence electrons. The number of H-pyrrole nitrogens is 1. The third kappa shape index (κ3) is 2.00. The lowest BCUT2D eigenvalue weighted by atomic mass is 10.0. The molecular weight excluding hydrogens is 302 g/mol. The Hall–Kier alpha value is -2.28. The molecule has 22 heavy (non-hydrogen) atoms. The second kappa shape index (κ2) is 4.36. The molecule has 6 nitrogen and oxygen atoms in total. The summed E-state index contributed by atoms with van der Waals surface area (Å²) < 4.78 is 29.7. The van der Waals surface area contributed by atoms with Crippen LogP contribution in [0.1, 0.15) is 11.4 Å². The Morgan fingerprint density at radius 2 is 2.18 bits per heavy atom. The van der Waals surface area contributed by atoms with Crippen molar-refractivity contribution in [2.75, 3.05) is 6.26 Å². The molecule has 0 saturated heterocycles. The average Bonchev–Trinajstić information content (AvgIpc) is 2.98. The van der Waals surface area contributed by atoms with Crippen LogP contribution in [0.3, 0.4) is 0 Å². The molecule has 0 saturated carbocycles. The Labute approximate surface area is 127 Å². The van der Waals surface area contributed by atoms with Crippen molar-refractivity contribution in [3.8, 4) is 17.1 Å². The molecule has 1 aliphatic rings. The molecule has 7 heteroatoms. The molecule has 1 aliphatic heterocycles. The van der Waals surface area contributed by atoms with Gasteiger partial charge in [0.15, 0.2) is 0 Å². The van der Waals surface area contributed by atoms with Crippen LogP contribution in [0, 0.1) is 6.92 Å². The van der Waals surface area contributed by atoms with E-state index in [0.717, 1.165) is 47.3 Å². The normalized spacial score (nSPS) is 13.9. The highest BCUT2D eigenvalue weighted by atomic mass is 32.2. The maximum atomic E-state index is 11.3. The molecule has 3 heterocycles. The van der Waals surface area contributed by atoms with Crippen LogP contribution in [-0.4, -0.2) is 29.2 Å².